The van der Waals surface area contributed by atoms with Crippen molar-refractivity contribution in [1.82, 2.24) is 0 Å². The standard InChI is InChI=1S/C17H18N2O6/c1-18-13-7-11(5-4-10(13)6-14(18)20)19-9-25-8-12(16(21)23-2)15(19)17(22)24-3/h4-5,7H,6,8-9H2,1-3H3. The van der Waals surface area contributed by atoms with Gasteiger partial charge in [0.1, 0.15) is 12.4 Å². The molecule has 132 valence electrons. The number of ether oxygens (including phenoxy) is 3. The Hall–Kier alpha value is -2.87. The topological polar surface area (TPSA) is 85.4 Å². The molecule has 0 bridgehead atoms. The molecule has 2 aliphatic rings. The Balaban J connectivity index is 2.08. The molecule has 0 N–H and O–H groups in total. The Morgan fingerprint density at radius 2 is 1.88 bits per heavy atom. The number of esters is 2. The summed E-state index contributed by atoms with van der Waals surface area (Å²) in [5.74, 6) is -1.31. The van der Waals surface area contributed by atoms with Gasteiger partial charge in [-0.3, -0.25) is 4.79 Å². The molecule has 2 aliphatic heterocycles. The fourth-order valence-corrected chi connectivity index (χ4v) is 2.95. The molecule has 0 radical (unpaired) electrons. The molecule has 2 heterocycles. The molecule has 8 nitrogen and oxygen atoms in total. The van der Waals surface area contributed by atoms with Crippen molar-refractivity contribution in [3.05, 3.63) is 35.0 Å². The Morgan fingerprint density at radius 3 is 2.56 bits per heavy atom. The molecule has 8 heteroatoms. The van der Waals surface area contributed by atoms with Gasteiger partial charge in [-0.25, -0.2) is 9.59 Å². The van der Waals surface area contributed by atoms with Crippen molar-refractivity contribution < 1.29 is 28.6 Å². The Morgan fingerprint density at radius 1 is 1.16 bits per heavy atom. The molecule has 0 saturated carbocycles. The fourth-order valence-electron chi connectivity index (χ4n) is 2.95. The molecular formula is C17H18N2O6. The summed E-state index contributed by atoms with van der Waals surface area (Å²) in [6, 6.07) is 5.39. The number of rotatable bonds is 3. The van der Waals surface area contributed by atoms with Gasteiger partial charge in [0.15, 0.2) is 0 Å². The van der Waals surface area contributed by atoms with Crippen molar-refractivity contribution in [1.29, 1.82) is 0 Å². The average molecular weight is 346 g/mol. The van der Waals surface area contributed by atoms with Gasteiger partial charge in [-0.05, 0) is 17.7 Å². The van der Waals surface area contributed by atoms with E-state index in [1.54, 1.807) is 29.0 Å². The number of nitrogens with zero attached hydrogens (tertiary/aromatic N) is 2. The van der Waals surface area contributed by atoms with Crippen LogP contribution in [0.15, 0.2) is 29.5 Å². The number of amides is 1. The van der Waals surface area contributed by atoms with E-state index in [9.17, 15) is 14.4 Å². The molecule has 1 aromatic carbocycles. The molecule has 25 heavy (non-hydrogen) atoms. The lowest BCUT2D eigenvalue weighted by molar-refractivity contribution is -0.140. The van der Waals surface area contributed by atoms with E-state index in [-0.39, 0.29) is 30.5 Å². The highest BCUT2D eigenvalue weighted by Gasteiger charge is 2.33. The van der Waals surface area contributed by atoms with Crippen LogP contribution in [0.5, 0.6) is 0 Å². The largest absolute Gasteiger partial charge is 0.466 e. The first kappa shape index (κ1) is 17.0. The molecule has 0 spiro atoms. The van der Waals surface area contributed by atoms with E-state index < -0.39 is 11.9 Å². The van der Waals surface area contributed by atoms with E-state index in [0.29, 0.717) is 12.1 Å². The van der Waals surface area contributed by atoms with E-state index in [1.807, 2.05) is 6.07 Å². The maximum atomic E-state index is 12.3. The van der Waals surface area contributed by atoms with Crippen LogP contribution in [0.3, 0.4) is 0 Å². The average Bonchev–Trinajstić information content (AvgIpc) is 2.93. The second kappa shape index (κ2) is 6.56. The quantitative estimate of drug-likeness (QED) is 0.741. The van der Waals surface area contributed by atoms with Crippen LogP contribution in [0.4, 0.5) is 11.4 Å². The van der Waals surface area contributed by atoms with Crippen LogP contribution in [-0.4, -0.2) is 52.5 Å². The van der Waals surface area contributed by atoms with Gasteiger partial charge >= 0.3 is 11.9 Å². The lowest BCUT2D eigenvalue weighted by atomic mass is 10.1. The van der Waals surface area contributed by atoms with Crippen LogP contribution in [-0.2, 0) is 35.0 Å². The van der Waals surface area contributed by atoms with Crippen molar-refractivity contribution in [3.63, 3.8) is 0 Å². The summed E-state index contributed by atoms with van der Waals surface area (Å²) in [7, 11) is 4.17. The maximum absolute atomic E-state index is 12.3. The lowest BCUT2D eigenvalue weighted by Gasteiger charge is -2.31. The number of methoxy groups -OCH3 is 2. The van der Waals surface area contributed by atoms with Gasteiger partial charge in [0.25, 0.3) is 0 Å². The minimum atomic E-state index is -0.659. The normalized spacial score (nSPS) is 16.8. The van der Waals surface area contributed by atoms with Crippen LogP contribution in [0.1, 0.15) is 5.56 Å². The summed E-state index contributed by atoms with van der Waals surface area (Å²) in [5.41, 5.74) is 2.45. The van der Waals surface area contributed by atoms with E-state index in [1.165, 1.54) is 14.2 Å². The van der Waals surface area contributed by atoms with Crippen LogP contribution < -0.4 is 9.80 Å². The Kier molecular flexibility index (Phi) is 4.45. The predicted octanol–water partition coefficient (Wildman–Crippen LogP) is 0.600. The van der Waals surface area contributed by atoms with Crippen LogP contribution in [0, 0.1) is 0 Å². The van der Waals surface area contributed by atoms with Crippen LogP contribution >= 0.6 is 0 Å². The first-order valence-electron chi connectivity index (χ1n) is 7.62. The SMILES string of the molecule is COC(=O)C1=C(C(=O)OC)N(c2ccc3c(c2)N(C)C(=O)C3)COC1. The zero-order valence-corrected chi connectivity index (χ0v) is 14.2. The molecule has 1 amide bonds. The first-order chi connectivity index (χ1) is 12.0. The number of carbonyl (C=O) groups excluding carboxylic acids is 3. The van der Waals surface area contributed by atoms with E-state index in [2.05, 4.69) is 0 Å². The number of carbonyl (C=O) groups is 3. The summed E-state index contributed by atoms with van der Waals surface area (Å²) >= 11 is 0. The van der Waals surface area contributed by atoms with Gasteiger partial charge in [-0.1, -0.05) is 6.07 Å². The molecule has 1 aromatic rings. The van der Waals surface area contributed by atoms with Crippen LogP contribution in [0.25, 0.3) is 0 Å². The molecule has 0 saturated heterocycles. The predicted molar refractivity (Wildman–Crippen MR) is 87.9 cm³/mol. The van der Waals surface area contributed by atoms with E-state index >= 15 is 0 Å². The van der Waals surface area contributed by atoms with Gasteiger partial charge in [-0.2, -0.15) is 0 Å². The molecule has 0 aliphatic carbocycles. The maximum Gasteiger partial charge on any atom is 0.355 e. The summed E-state index contributed by atoms with van der Waals surface area (Å²) in [5, 5.41) is 0. The molecule has 0 atom stereocenters. The highest BCUT2D eigenvalue weighted by atomic mass is 16.5. The van der Waals surface area contributed by atoms with E-state index in [0.717, 1.165) is 11.3 Å². The highest BCUT2D eigenvalue weighted by Crippen LogP contribution is 2.34. The number of hydrogen-bond acceptors (Lipinski definition) is 7. The zero-order valence-electron chi connectivity index (χ0n) is 14.2. The van der Waals surface area contributed by atoms with Gasteiger partial charge < -0.3 is 24.0 Å². The molecule has 0 aromatic heterocycles. The zero-order chi connectivity index (χ0) is 18.1. The Labute approximate surface area is 144 Å². The van der Waals surface area contributed by atoms with E-state index in [4.69, 9.17) is 14.2 Å². The van der Waals surface area contributed by atoms with Crippen molar-refractivity contribution in [2.24, 2.45) is 0 Å². The smallest absolute Gasteiger partial charge is 0.355 e. The van der Waals surface area contributed by atoms with Crippen molar-refractivity contribution in [2.75, 3.05) is 44.4 Å². The number of fused-ring (bicyclic) bond motifs is 1. The lowest BCUT2D eigenvalue weighted by Crippen LogP contribution is -2.38. The van der Waals surface area contributed by atoms with Crippen molar-refractivity contribution >= 4 is 29.2 Å². The Bertz CT molecular complexity index is 785. The first-order valence-corrected chi connectivity index (χ1v) is 7.62. The van der Waals surface area contributed by atoms with Crippen LogP contribution in [0.2, 0.25) is 0 Å². The fraction of sp³-hybridized carbons (Fsp3) is 0.353. The summed E-state index contributed by atoms with van der Waals surface area (Å²) < 4.78 is 15.0. The van der Waals surface area contributed by atoms with Gasteiger partial charge in [0.05, 0.1) is 32.8 Å². The summed E-state index contributed by atoms with van der Waals surface area (Å²) in [4.78, 5) is 39.3. The minimum Gasteiger partial charge on any atom is -0.466 e. The summed E-state index contributed by atoms with van der Waals surface area (Å²) in [6.45, 7) is 0.0261. The number of anilines is 2. The van der Waals surface area contributed by atoms with Gasteiger partial charge in [-0.15, -0.1) is 0 Å². The molecule has 3 rings (SSSR count). The van der Waals surface area contributed by atoms with Crippen molar-refractivity contribution in [3.8, 4) is 0 Å². The number of likely N-dealkylation sites (N-methyl/N-ethyl adjacent to an activating group) is 1. The third-order valence-electron chi connectivity index (χ3n) is 4.29. The summed E-state index contributed by atoms with van der Waals surface area (Å²) in [6.07, 6.45) is 0.343. The van der Waals surface area contributed by atoms with Gasteiger partial charge in [0, 0.05) is 18.4 Å². The molecule has 0 fully saturated rings. The monoisotopic (exact) mass is 346 g/mol. The number of hydrogen-bond donors (Lipinski definition) is 0. The second-order valence-electron chi connectivity index (χ2n) is 5.66. The minimum absolute atomic E-state index is 0.000951. The third kappa shape index (κ3) is 2.85. The highest BCUT2D eigenvalue weighted by molar-refractivity contribution is 6.04. The van der Waals surface area contributed by atoms with Crippen molar-refractivity contribution in [2.45, 2.75) is 6.42 Å². The third-order valence-corrected chi connectivity index (χ3v) is 4.29. The van der Waals surface area contributed by atoms with Gasteiger partial charge in [0.2, 0.25) is 5.91 Å². The second-order valence-corrected chi connectivity index (χ2v) is 5.66. The number of benzene rings is 1. The molecular weight excluding hydrogens is 328 g/mol. The molecule has 0 unspecified atom stereocenters.